The summed E-state index contributed by atoms with van der Waals surface area (Å²) in [4.78, 5) is 25.6. The summed E-state index contributed by atoms with van der Waals surface area (Å²) >= 11 is 0. The molecule has 5 heteroatoms. The SMILES string of the molecule is CCC(C)C(N)C(=O)N1CCc2ccccc2C1C(=O)O. The van der Waals surface area contributed by atoms with E-state index in [1.165, 1.54) is 4.90 Å². The van der Waals surface area contributed by atoms with Gasteiger partial charge in [-0.2, -0.15) is 0 Å². The first kappa shape index (κ1) is 15.5. The first-order valence-electron chi connectivity index (χ1n) is 7.34. The van der Waals surface area contributed by atoms with E-state index in [1.807, 2.05) is 26.0 Å². The van der Waals surface area contributed by atoms with Crippen molar-refractivity contribution < 1.29 is 14.7 Å². The van der Waals surface area contributed by atoms with Gasteiger partial charge in [0.25, 0.3) is 0 Å². The summed E-state index contributed by atoms with van der Waals surface area (Å²) in [5.74, 6) is -1.25. The van der Waals surface area contributed by atoms with Crippen LogP contribution in [0.25, 0.3) is 0 Å². The smallest absolute Gasteiger partial charge is 0.331 e. The van der Waals surface area contributed by atoms with Crippen LogP contribution in [0.3, 0.4) is 0 Å². The summed E-state index contributed by atoms with van der Waals surface area (Å²) in [6.07, 6.45) is 1.45. The quantitative estimate of drug-likeness (QED) is 0.881. The summed E-state index contributed by atoms with van der Waals surface area (Å²) in [7, 11) is 0. The molecule has 3 atom stereocenters. The number of hydrogen-bond donors (Lipinski definition) is 2. The second-order valence-electron chi connectivity index (χ2n) is 5.63. The van der Waals surface area contributed by atoms with E-state index in [4.69, 9.17) is 5.73 Å². The van der Waals surface area contributed by atoms with Gasteiger partial charge in [0.2, 0.25) is 5.91 Å². The number of hydrogen-bond acceptors (Lipinski definition) is 3. The molecular formula is C16H22N2O3. The van der Waals surface area contributed by atoms with Crippen LogP contribution in [0.1, 0.15) is 37.4 Å². The van der Waals surface area contributed by atoms with E-state index in [2.05, 4.69) is 0 Å². The maximum atomic E-state index is 12.6. The summed E-state index contributed by atoms with van der Waals surface area (Å²) in [5, 5.41) is 9.55. The van der Waals surface area contributed by atoms with Gasteiger partial charge in [-0.15, -0.1) is 0 Å². The minimum absolute atomic E-state index is 0.0316. The van der Waals surface area contributed by atoms with Crippen molar-refractivity contribution in [3.63, 3.8) is 0 Å². The van der Waals surface area contributed by atoms with Crippen molar-refractivity contribution in [2.24, 2.45) is 11.7 Å². The maximum absolute atomic E-state index is 12.6. The van der Waals surface area contributed by atoms with Crippen molar-refractivity contribution in [1.82, 2.24) is 4.90 Å². The van der Waals surface area contributed by atoms with E-state index in [1.54, 1.807) is 12.1 Å². The highest BCUT2D eigenvalue weighted by molar-refractivity contribution is 5.88. The first-order valence-corrected chi connectivity index (χ1v) is 7.34. The number of benzene rings is 1. The van der Waals surface area contributed by atoms with Crippen LogP contribution >= 0.6 is 0 Å². The third kappa shape index (κ3) is 2.93. The van der Waals surface area contributed by atoms with Crippen molar-refractivity contribution in [3.05, 3.63) is 35.4 Å². The zero-order valence-electron chi connectivity index (χ0n) is 12.5. The maximum Gasteiger partial charge on any atom is 0.331 e. The Bertz CT molecular complexity index is 544. The van der Waals surface area contributed by atoms with E-state index in [0.717, 1.165) is 12.0 Å². The molecule has 0 fully saturated rings. The van der Waals surface area contributed by atoms with E-state index in [0.29, 0.717) is 18.5 Å². The van der Waals surface area contributed by atoms with Crippen LogP contribution in [0.2, 0.25) is 0 Å². The zero-order chi connectivity index (χ0) is 15.6. The molecule has 2 rings (SSSR count). The Morgan fingerprint density at radius 3 is 2.71 bits per heavy atom. The number of amides is 1. The van der Waals surface area contributed by atoms with Gasteiger partial charge in [-0.3, -0.25) is 4.79 Å². The molecule has 1 aromatic carbocycles. The molecule has 114 valence electrons. The molecule has 1 aromatic rings. The Balaban J connectivity index is 2.33. The average Bonchev–Trinajstić information content (AvgIpc) is 2.51. The molecular weight excluding hydrogens is 268 g/mol. The molecule has 0 saturated carbocycles. The Morgan fingerprint density at radius 2 is 2.10 bits per heavy atom. The topological polar surface area (TPSA) is 83.6 Å². The Kier molecular flexibility index (Phi) is 4.63. The average molecular weight is 290 g/mol. The van der Waals surface area contributed by atoms with Crippen LogP contribution in [0.5, 0.6) is 0 Å². The minimum Gasteiger partial charge on any atom is -0.479 e. The first-order chi connectivity index (χ1) is 9.97. The molecule has 5 nitrogen and oxygen atoms in total. The number of nitrogens with zero attached hydrogens (tertiary/aromatic N) is 1. The molecule has 1 heterocycles. The van der Waals surface area contributed by atoms with Crippen molar-refractivity contribution in [3.8, 4) is 0 Å². The van der Waals surface area contributed by atoms with Crippen LogP contribution in [-0.4, -0.2) is 34.5 Å². The number of carboxylic acid groups (broad SMARTS) is 1. The number of fused-ring (bicyclic) bond motifs is 1. The lowest BCUT2D eigenvalue weighted by Gasteiger charge is -2.37. The number of nitrogens with two attached hydrogens (primary N) is 1. The molecule has 0 aliphatic carbocycles. The number of carbonyl (C=O) groups is 2. The standard InChI is InChI=1S/C16H22N2O3/c1-3-10(2)13(17)15(19)18-9-8-11-6-4-5-7-12(11)14(18)16(20)21/h4-7,10,13-14H,3,8-9,17H2,1-2H3,(H,20,21). The van der Waals surface area contributed by atoms with Gasteiger partial charge in [0, 0.05) is 6.54 Å². The number of carbonyl (C=O) groups excluding carboxylic acids is 1. The third-order valence-electron chi connectivity index (χ3n) is 4.34. The molecule has 1 aliphatic heterocycles. The van der Waals surface area contributed by atoms with Crippen molar-refractivity contribution >= 4 is 11.9 Å². The molecule has 21 heavy (non-hydrogen) atoms. The molecule has 0 spiro atoms. The summed E-state index contributed by atoms with van der Waals surface area (Å²) in [6, 6.07) is 5.81. The van der Waals surface area contributed by atoms with E-state index in [-0.39, 0.29) is 11.8 Å². The number of rotatable bonds is 4. The third-order valence-corrected chi connectivity index (χ3v) is 4.34. The fraction of sp³-hybridized carbons (Fsp3) is 0.500. The van der Waals surface area contributed by atoms with Crippen LogP contribution in [0, 0.1) is 5.92 Å². The van der Waals surface area contributed by atoms with Crippen molar-refractivity contribution in [2.75, 3.05) is 6.54 Å². The molecule has 3 N–H and O–H groups in total. The highest BCUT2D eigenvalue weighted by Gasteiger charge is 2.38. The Hall–Kier alpha value is -1.88. The summed E-state index contributed by atoms with van der Waals surface area (Å²) in [6.45, 7) is 4.28. The van der Waals surface area contributed by atoms with Crippen LogP contribution in [0.15, 0.2) is 24.3 Å². The van der Waals surface area contributed by atoms with Gasteiger partial charge in [-0.25, -0.2) is 4.79 Å². The number of carboxylic acids is 1. The predicted octanol–water partition coefficient (Wildman–Crippen LogP) is 1.57. The van der Waals surface area contributed by atoms with E-state index in [9.17, 15) is 14.7 Å². The van der Waals surface area contributed by atoms with Gasteiger partial charge in [-0.05, 0) is 23.5 Å². The normalized spacial score (nSPS) is 20.5. The van der Waals surface area contributed by atoms with E-state index < -0.39 is 18.1 Å². The van der Waals surface area contributed by atoms with Gasteiger partial charge in [0.05, 0.1) is 6.04 Å². The largest absolute Gasteiger partial charge is 0.479 e. The molecule has 1 aliphatic rings. The predicted molar refractivity (Wildman–Crippen MR) is 79.7 cm³/mol. The molecule has 1 amide bonds. The second kappa shape index (κ2) is 6.26. The minimum atomic E-state index is -1.01. The molecule has 3 unspecified atom stereocenters. The van der Waals surface area contributed by atoms with Crippen LogP contribution in [0.4, 0.5) is 0 Å². The highest BCUT2D eigenvalue weighted by Crippen LogP contribution is 2.30. The van der Waals surface area contributed by atoms with Crippen molar-refractivity contribution in [2.45, 2.75) is 38.8 Å². The van der Waals surface area contributed by atoms with Gasteiger partial charge in [0.1, 0.15) is 0 Å². The highest BCUT2D eigenvalue weighted by atomic mass is 16.4. The lowest BCUT2D eigenvalue weighted by molar-refractivity contribution is -0.152. The zero-order valence-corrected chi connectivity index (χ0v) is 12.5. The monoisotopic (exact) mass is 290 g/mol. The van der Waals surface area contributed by atoms with Gasteiger partial charge in [0.15, 0.2) is 6.04 Å². The second-order valence-corrected chi connectivity index (χ2v) is 5.63. The van der Waals surface area contributed by atoms with Gasteiger partial charge in [-0.1, -0.05) is 44.5 Å². The van der Waals surface area contributed by atoms with Crippen LogP contribution in [-0.2, 0) is 16.0 Å². The molecule has 0 aromatic heterocycles. The summed E-state index contributed by atoms with van der Waals surface area (Å²) < 4.78 is 0. The lowest BCUT2D eigenvalue weighted by Crippen LogP contribution is -2.52. The van der Waals surface area contributed by atoms with Crippen molar-refractivity contribution in [1.29, 1.82) is 0 Å². The lowest BCUT2D eigenvalue weighted by atomic mass is 9.90. The fourth-order valence-electron chi connectivity index (χ4n) is 2.76. The van der Waals surface area contributed by atoms with E-state index >= 15 is 0 Å². The van der Waals surface area contributed by atoms with Gasteiger partial charge >= 0.3 is 5.97 Å². The molecule has 0 saturated heterocycles. The Labute approximate surface area is 124 Å². The van der Waals surface area contributed by atoms with Crippen LogP contribution < -0.4 is 5.73 Å². The number of aliphatic carboxylic acids is 1. The fourth-order valence-corrected chi connectivity index (χ4v) is 2.76. The Morgan fingerprint density at radius 1 is 1.43 bits per heavy atom. The molecule has 0 radical (unpaired) electrons. The van der Waals surface area contributed by atoms with Gasteiger partial charge < -0.3 is 15.7 Å². The summed E-state index contributed by atoms with van der Waals surface area (Å²) in [5.41, 5.74) is 7.69. The molecule has 0 bridgehead atoms.